The van der Waals surface area contributed by atoms with Crippen LogP contribution >= 0.6 is 0 Å². The van der Waals surface area contributed by atoms with Crippen molar-refractivity contribution in [1.29, 1.82) is 0 Å². The molecule has 4 atom stereocenters. The lowest BCUT2D eigenvalue weighted by atomic mass is 10.0. The van der Waals surface area contributed by atoms with E-state index in [0.717, 1.165) is 12.0 Å². The number of aliphatic hydroxyl groups is 3. The summed E-state index contributed by atoms with van der Waals surface area (Å²) in [4.78, 5) is 8.32. The summed E-state index contributed by atoms with van der Waals surface area (Å²) < 4.78 is 16.1. The lowest BCUT2D eigenvalue weighted by Crippen LogP contribution is -2.54. The minimum absolute atomic E-state index is 0.112. The van der Waals surface area contributed by atoms with E-state index in [1.165, 1.54) is 12.7 Å². The molecule has 1 aromatic heterocycles. The van der Waals surface area contributed by atoms with Crippen LogP contribution in [0.5, 0.6) is 11.9 Å². The Bertz CT molecular complexity index is 754. The fourth-order valence-corrected chi connectivity index (χ4v) is 2.80. The van der Waals surface area contributed by atoms with Gasteiger partial charge in [0.25, 0.3) is 0 Å². The highest BCUT2D eigenvalue weighted by molar-refractivity contribution is 5.33. The van der Waals surface area contributed by atoms with Gasteiger partial charge in [-0.15, -0.1) is 0 Å². The molecule has 2 aromatic rings. The summed E-state index contributed by atoms with van der Waals surface area (Å²) in [6.07, 6.45) is -2.04. The molecule has 1 saturated heterocycles. The minimum Gasteiger partial charge on any atom is -0.467 e. The molecule has 0 aliphatic carbocycles. The first-order chi connectivity index (χ1) is 13.0. The molecule has 0 radical (unpaired) electrons. The van der Waals surface area contributed by atoms with Gasteiger partial charge in [0.1, 0.15) is 18.3 Å². The predicted octanol–water partition coefficient (Wildman–Crippen LogP) is 0.456. The molecule has 27 heavy (non-hydrogen) atoms. The normalized spacial score (nSPS) is 25.2. The fraction of sp³-hybridized carbons (Fsp3) is 0.474. The predicted molar refractivity (Wildman–Crippen MR) is 95.6 cm³/mol. The topological polar surface area (TPSA) is 114 Å². The summed E-state index contributed by atoms with van der Waals surface area (Å²) in [5, 5.41) is 29.5. The third kappa shape index (κ3) is 4.54. The molecule has 0 amide bonds. The molecule has 1 aromatic carbocycles. The van der Waals surface area contributed by atoms with Crippen LogP contribution < -0.4 is 9.47 Å². The number of aryl methyl sites for hydroxylation is 1. The molecule has 1 aliphatic heterocycles. The van der Waals surface area contributed by atoms with Gasteiger partial charge < -0.3 is 29.5 Å². The van der Waals surface area contributed by atoms with E-state index >= 15 is 0 Å². The summed E-state index contributed by atoms with van der Waals surface area (Å²) in [6, 6.07) is 8.29. The molecular weight excluding hydrogens is 352 g/mol. The van der Waals surface area contributed by atoms with Crippen molar-refractivity contribution in [2.24, 2.45) is 0 Å². The second-order valence-electron chi connectivity index (χ2n) is 6.40. The van der Waals surface area contributed by atoms with Crippen molar-refractivity contribution in [3.8, 4) is 11.9 Å². The number of aromatic nitrogens is 2. The van der Waals surface area contributed by atoms with Gasteiger partial charge in [-0.25, -0.2) is 4.98 Å². The second-order valence-corrected chi connectivity index (χ2v) is 6.40. The number of aliphatic hydroxyl groups excluding tert-OH is 3. The molecule has 1 aliphatic rings. The Balaban J connectivity index is 1.82. The molecule has 0 spiro atoms. The van der Waals surface area contributed by atoms with Crippen molar-refractivity contribution in [2.75, 3.05) is 13.7 Å². The molecule has 0 bridgehead atoms. The van der Waals surface area contributed by atoms with Crippen LogP contribution in [0.1, 0.15) is 23.6 Å². The number of rotatable bonds is 6. The highest BCUT2D eigenvalue weighted by Gasteiger charge is 2.39. The molecule has 0 saturated carbocycles. The van der Waals surface area contributed by atoms with Crippen molar-refractivity contribution in [3.63, 3.8) is 0 Å². The highest BCUT2D eigenvalue weighted by atomic mass is 16.7. The summed E-state index contributed by atoms with van der Waals surface area (Å²) in [6.45, 7) is 1.94. The fourth-order valence-electron chi connectivity index (χ4n) is 2.80. The Labute approximate surface area is 157 Å². The first kappa shape index (κ1) is 19.5. The maximum atomic E-state index is 10.1. The van der Waals surface area contributed by atoms with Crippen molar-refractivity contribution < 1.29 is 29.5 Å². The quantitative estimate of drug-likeness (QED) is 0.666. The summed E-state index contributed by atoms with van der Waals surface area (Å²) in [5.41, 5.74) is 2.97. The average molecular weight is 376 g/mol. The number of hydrogen-bond acceptors (Lipinski definition) is 8. The Morgan fingerprint density at radius 1 is 1.11 bits per heavy atom. The summed E-state index contributed by atoms with van der Waals surface area (Å²) >= 11 is 0. The van der Waals surface area contributed by atoms with Gasteiger partial charge in [0.05, 0.1) is 13.7 Å². The van der Waals surface area contributed by atoms with Crippen LogP contribution in [-0.4, -0.2) is 63.6 Å². The molecule has 3 rings (SSSR count). The standard InChI is InChI=1S/C19H24N2O6/c1-3-11-4-6-12(7-5-11)8-13-9-20-19(25-2)21-17(13)27-18-16(24)15(23)14(22)10-26-18/h4-7,9,14-16,18,22-24H,3,8,10H2,1-2H3. The minimum atomic E-state index is -1.41. The van der Waals surface area contributed by atoms with Crippen molar-refractivity contribution in [2.45, 2.75) is 44.4 Å². The van der Waals surface area contributed by atoms with Crippen LogP contribution in [0.15, 0.2) is 30.5 Å². The Hall–Kier alpha value is -2.26. The van der Waals surface area contributed by atoms with Crippen LogP contribution in [0.4, 0.5) is 0 Å². The number of methoxy groups -OCH3 is 1. The van der Waals surface area contributed by atoms with Gasteiger partial charge in [-0.2, -0.15) is 4.98 Å². The number of hydrogen-bond donors (Lipinski definition) is 3. The molecule has 2 heterocycles. The average Bonchev–Trinajstić information content (AvgIpc) is 2.70. The van der Waals surface area contributed by atoms with Crippen molar-refractivity contribution in [1.82, 2.24) is 9.97 Å². The number of ether oxygens (including phenoxy) is 3. The van der Waals surface area contributed by atoms with E-state index in [1.54, 1.807) is 6.20 Å². The first-order valence-electron chi connectivity index (χ1n) is 8.82. The van der Waals surface area contributed by atoms with Gasteiger partial charge in [-0.1, -0.05) is 31.2 Å². The largest absolute Gasteiger partial charge is 0.467 e. The summed E-state index contributed by atoms with van der Waals surface area (Å²) in [7, 11) is 1.44. The lowest BCUT2D eigenvalue weighted by Gasteiger charge is -2.34. The van der Waals surface area contributed by atoms with E-state index in [-0.39, 0.29) is 18.5 Å². The SMILES string of the molecule is CCc1ccc(Cc2cnc(OC)nc2OC2OCC(O)C(O)C2O)cc1. The van der Waals surface area contributed by atoms with Gasteiger partial charge in [0.15, 0.2) is 0 Å². The maximum absolute atomic E-state index is 10.1. The zero-order valence-corrected chi connectivity index (χ0v) is 15.3. The smallest absolute Gasteiger partial charge is 0.319 e. The van der Waals surface area contributed by atoms with E-state index in [0.29, 0.717) is 12.0 Å². The molecule has 8 heteroatoms. The van der Waals surface area contributed by atoms with E-state index in [1.807, 2.05) is 12.1 Å². The van der Waals surface area contributed by atoms with Gasteiger partial charge in [0, 0.05) is 18.2 Å². The first-order valence-corrected chi connectivity index (χ1v) is 8.82. The highest BCUT2D eigenvalue weighted by Crippen LogP contribution is 2.25. The summed E-state index contributed by atoms with van der Waals surface area (Å²) in [5.74, 6) is 0.189. The van der Waals surface area contributed by atoms with Crippen molar-refractivity contribution >= 4 is 0 Å². The molecule has 3 N–H and O–H groups in total. The van der Waals surface area contributed by atoms with Gasteiger partial charge in [-0.3, -0.25) is 0 Å². The van der Waals surface area contributed by atoms with E-state index in [2.05, 4.69) is 29.0 Å². The number of benzene rings is 1. The van der Waals surface area contributed by atoms with E-state index in [9.17, 15) is 15.3 Å². The molecular formula is C19H24N2O6. The zero-order valence-electron chi connectivity index (χ0n) is 15.3. The van der Waals surface area contributed by atoms with E-state index in [4.69, 9.17) is 14.2 Å². The van der Waals surface area contributed by atoms with Crippen LogP contribution in [0.25, 0.3) is 0 Å². The molecule has 1 fully saturated rings. The van der Waals surface area contributed by atoms with Crippen LogP contribution in [0, 0.1) is 0 Å². The number of nitrogens with zero attached hydrogens (tertiary/aromatic N) is 2. The van der Waals surface area contributed by atoms with Crippen LogP contribution in [0.2, 0.25) is 0 Å². The maximum Gasteiger partial charge on any atom is 0.319 e. The van der Waals surface area contributed by atoms with Crippen LogP contribution in [0.3, 0.4) is 0 Å². The second kappa shape index (κ2) is 8.62. The van der Waals surface area contributed by atoms with E-state index < -0.39 is 24.6 Å². The molecule has 146 valence electrons. The lowest BCUT2D eigenvalue weighted by molar-refractivity contribution is -0.242. The van der Waals surface area contributed by atoms with Crippen LogP contribution in [-0.2, 0) is 17.6 Å². The van der Waals surface area contributed by atoms with Gasteiger partial charge in [-0.05, 0) is 17.5 Å². The Morgan fingerprint density at radius 2 is 1.81 bits per heavy atom. The van der Waals surface area contributed by atoms with Crippen molar-refractivity contribution in [3.05, 3.63) is 47.2 Å². The monoisotopic (exact) mass is 376 g/mol. The molecule has 8 nitrogen and oxygen atoms in total. The zero-order chi connectivity index (χ0) is 19.4. The van der Waals surface area contributed by atoms with Gasteiger partial charge >= 0.3 is 6.01 Å². The third-order valence-electron chi connectivity index (χ3n) is 4.49. The third-order valence-corrected chi connectivity index (χ3v) is 4.49. The Morgan fingerprint density at radius 3 is 2.48 bits per heavy atom. The van der Waals surface area contributed by atoms with Gasteiger partial charge in [0.2, 0.25) is 12.2 Å². The molecule has 4 unspecified atom stereocenters. The Kier molecular flexibility index (Phi) is 6.22.